The number of hydrogen-bond donors (Lipinski definition) is 1. The maximum atomic E-state index is 12.0. The van der Waals surface area contributed by atoms with Gasteiger partial charge in [0.2, 0.25) is 0 Å². The number of carbonyl (C=O) groups is 1. The first-order valence-electron chi connectivity index (χ1n) is 11.4. The number of rotatable bonds is 8. The van der Waals surface area contributed by atoms with E-state index in [1.807, 2.05) is 18.2 Å². The van der Waals surface area contributed by atoms with E-state index in [2.05, 4.69) is 44.3 Å². The average Bonchev–Trinajstić information content (AvgIpc) is 3.24. The lowest BCUT2D eigenvalue weighted by atomic mass is 9.95. The number of methoxy groups -OCH3 is 1. The lowest BCUT2D eigenvalue weighted by molar-refractivity contribution is -0.141. The molecule has 2 aliphatic heterocycles. The molecule has 0 radical (unpaired) electrons. The summed E-state index contributed by atoms with van der Waals surface area (Å²) >= 11 is 3.66. The van der Waals surface area contributed by atoms with Gasteiger partial charge in [-0.25, -0.2) is 4.98 Å². The zero-order valence-electron chi connectivity index (χ0n) is 18.3. The number of likely N-dealkylation sites (tertiary alicyclic amines) is 1. The molecule has 1 aromatic carbocycles. The molecule has 5 nitrogen and oxygen atoms in total. The van der Waals surface area contributed by atoms with E-state index in [4.69, 9.17) is 9.72 Å². The Morgan fingerprint density at radius 1 is 1.32 bits per heavy atom. The Kier molecular flexibility index (Phi) is 7.62. The van der Waals surface area contributed by atoms with Gasteiger partial charge in [0.15, 0.2) is 0 Å². The zero-order valence-corrected chi connectivity index (χ0v) is 19.9. The molecule has 3 heterocycles. The first kappa shape index (κ1) is 22.3. The van der Waals surface area contributed by atoms with E-state index in [1.54, 1.807) is 0 Å². The van der Waals surface area contributed by atoms with Gasteiger partial charge in [-0.2, -0.15) is 0 Å². The van der Waals surface area contributed by atoms with Crippen LogP contribution in [0.15, 0.2) is 40.9 Å². The summed E-state index contributed by atoms with van der Waals surface area (Å²) in [6, 6.07) is 12.7. The molecule has 166 valence electrons. The molecular weight excluding hydrogens is 454 g/mol. The second-order valence-electron chi connectivity index (χ2n) is 8.79. The highest BCUT2D eigenvalue weighted by atomic mass is 79.9. The highest BCUT2D eigenvalue weighted by Gasteiger charge is 2.27. The van der Waals surface area contributed by atoms with Crippen LogP contribution in [0.3, 0.4) is 0 Å². The van der Waals surface area contributed by atoms with Crippen LogP contribution in [0.4, 0.5) is 5.82 Å². The van der Waals surface area contributed by atoms with Gasteiger partial charge >= 0.3 is 5.97 Å². The standard InChI is InChI=1S/C25H32BrN3O2/c1-31-24(30)15-20(22-6-2-3-7-23(22)26)17-29-14-12-18(16-29)8-10-21-11-9-19-5-4-13-27-25(19)28-21/h2-3,6-7,9,11,18,20H,4-5,8,10,12-17H2,1H3,(H,27,28)/t18-,20?/m1/s1. The monoisotopic (exact) mass is 485 g/mol. The molecule has 1 N–H and O–H groups in total. The van der Waals surface area contributed by atoms with Crippen LogP contribution in [-0.4, -0.2) is 49.1 Å². The molecule has 2 aromatic rings. The van der Waals surface area contributed by atoms with Crippen molar-refractivity contribution in [2.75, 3.05) is 38.6 Å². The van der Waals surface area contributed by atoms with Crippen LogP contribution in [-0.2, 0) is 22.4 Å². The number of carbonyl (C=O) groups excluding carboxylic acids is 1. The minimum absolute atomic E-state index is 0.134. The van der Waals surface area contributed by atoms with Crippen LogP contribution in [0.2, 0.25) is 0 Å². The fourth-order valence-corrected chi connectivity index (χ4v) is 5.46. The summed E-state index contributed by atoms with van der Waals surface area (Å²) in [5.41, 5.74) is 3.73. The Bertz CT molecular complexity index is 904. The van der Waals surface area contributed by atoms with Crippen LogP contribution < -0.4 is 5.32 Å². The van der Waals surface area contributed by atoms with E-state index in [-0.39, 0.29) is 11.9 Å². The second kappa shape index (κ2) is 10.6. The summed E-state index contributed by atoms with van der Waals surface area (Å²) in [6.45, 7) is 4.10. The van der Waals surface area contributed by atoms with Crippen molar-refractivity contribution in [3.05, 3.63) is 57.7 Å². The quantitative estimate of drug-likeness (QED) is 0.544. The largest absolute Gasteiger partial charge is 0.469 e. The van der Waals surface area contributed by atoms with Gasteiger partial charge in [-0.3, -0.25) is 4.79 Å². The minimum Gasteiger partial charge on any atom is -0.469 e. The molecule has 0 saturated carbocycles. The Hall–Kier alpha value is -1.92. The van der Waals surface area contributed by atoms with Crippen molar-refractivity contribution in [3.63, 3.8) is 0 Å². The lowest BCUT2D eigenvalue weighted by Crippen LogP contribution is -2.28. The summed E-state index contributed by atoms with van der Waals surface area (Å²) in [7, 11) is 1.47. The van der Waals surface area contributed by atoms with Gasteiger partial charge < -0.3 is 15.0 Å². The SMILES string of the molecule is COC(=O)CC(CN1CC[C@@H](CCc2ccc3c(n2)NCCC3)C1)c1ccccc1Br. The average molecular weight is 486 g/mol. The Balaban J connectivity index is 1.33. The highest BCUT2D eigenvalue weighted by molar-refractivity contribution is 9.10. The number of hydrogen-bond acceptors (Lipinski definition) is 5. The third-order valence-corrected chi connectivity index (χ3v) is 7.32. The third kappa shape index (κ3) is 5.86. The van der Waals surface area contributed by atoms with E-state index < -0.39 is 0 Å². The molecule has 31 heavy (non-hydrogen) atoms. The minimum atomic E-state index is -0.149. The third-order valence-electron chi connectivity index (χ3n) is 6.59. The van der Waals surface area contributed by atoms with Crippen molar-refractivity contribution in [2.45, 2.75) is 44.4 Å². The summed E-state index contributed by atoms with van der Waals surface area (Å²) in [6.07, 6.45) is 6.15. The van der Waals surface area contributed by atoms with Gasteiger partial charge in [0.1, 0.15) is 5.82 Å². The number of aromatic nitrogens is 1. The van der Waals surface area contributed by atoms with Crippen molar-refractivity contribution in [1.29, 1.82) is 0 Å². The summed E-state index contributed by atoms with van der Waals surface area (Å²) in [4.78, 5) is 19.4. The summed E-state index contributed by atoms with van der Waals surface area (Å²) in [5.74, 6) is 1.76. The molecule has 1 unspecified atom stereocenters. The number of aryl methyl sites for hydroxylation is 2. The van der Waals surface area contributed by atoms with Gasteiger partial charge in [0.05, 0.1) is 13.5 Å². The molecule has 1 aromatic heterocycles. The second-order valence-corrected chi connectivity index (χ2v) is 9.65. The first-order valence-corrected chi connectivity index (χ1v) is 12.2. The van der Waals surface area contributed by atoms with Gasteiger partial charge in [-0.1, -0.05) is 40.2 Å². The topological polar surface area (TPSA) is 54.5 Å². The number of esters is 1. The van der Waals surface area contributed by atoms with Crippen molar-refractivity contribution >= 4 is 27.7 Å². The molecule has 0 spiro atoms. The molecule has 0 amide bonds. The highest BCUT2D eigenvalue weighted by Crippen LogP contribution is 2.31. The predicted molar refractivity (Wildman–Crippen MR) is 127 cm³/mol. The normalized spacial score (nSPS) is 19.5. The number of nitrogens with one attached hydrogen (secondary N) is 1. The molecule has 2 atom stereocenters. The number of benzene rings is 1. The van der Waals surface area contributed by atoms with Crippen molar-refractivity contribution in [1.82, 2.24) is 9.88 Å². The zero-order chi connectivity index (χ0) is 21.6. The molecule has 2 aliphatic rings. The predicted octanol–water partition coefficient (Wildman–Crippen LogP) is 4.80. The molecular formula is C25H32BrN3O2. The van der Waals surface area contributed by atoms with Gasteiger partial charge in [0, 0.05) is 35.7 Å². The van der Waals surface area contributed by atoms with Gasteiger partial charge in [-0.05, 0) is 67.8 Å². The van der Waals surface area contributed by atoms with Crippen LogP contribution >= 0.6 is 15.9 Å². The number of fused-ring (bicyclic) bond motifs is 1. The fraction of sp³-hybridized carbons (Fsp3) is 0.520. The van der Waals surface area contributed by atoms with Crippen LogP contribution in [0, 0.1) is 5.92 Å². The van der Waals surface area contributed by atoms with Crippen molar-refractivity contribution in [3.8, 4) is 0 Å². The molecule has 1 saturated heterocycles. The summed E-state index contributed by atoms with van der Waals surface area (Å²) < 4.78 is 6.03. The Morgan fingerprint density at radius 3 is 3.03 bits per heavy atom. The van der Waals surface area contributed by atoms with Crippen molar-refractivity contribution in [2.24, 2.45) is 5.92 Å². The summed E-state index contributed by atoms with van der Waals surface area (Å²) in [5, 5.41) is 3.44. The lowest BCUT2D eigenvalue weighted by Gasteiger charge is -2.24. The molecule has 0 aliphatic carbocycles. The van der Waals surface area contributed by atoms with Gasteiger partial charge in [-0.15, -0.1) is 0 Å². The van der Waals surface area contributed by atoms with Gasteiger partial charge in [0.25, 0.3) is 0 Å². The van der Waals surface area contributed by atoms with Crippen LogP contribution in [0.1, 0.15) is 48.4 Å². The number of anilines is 1. The number of pyridine rings is 1. The smallest absolute Gasteiger partial charge is 0.306 e. The van der Waals surface area contributed by atoms with E-state index in [1.165, 1.54) is 43.2 Å². The molecule has 4 rings (SSSR count). The Labute approximate surface area is 193 Å². The molecule has 0 bridgehead atoms. The van der Waals surface area contributed by atoms with E-state index in [9.17, 15) is 4.79 Å². The number of nitrogens with zero attached hydrogens (tertiary/aromatic N) is 2. The van der Waals surface area contributed by atoms with E-state index in [0.717, 1.165) is 49.3 Å². The van der Waals surface area contributed by atoms with Crippen LogP contribution in [0.5, 0.6) is 0 Å². The maximum Gasteiger partial charge on any atom is 0.306 e. The Morgan fingerprint density at radius 2 is 2.19 bits per heavy atom. The molecule has 6 heteroatoms. The van der Waals surface area contributed by atoms with E-state index in [0.29, 0.717) is 12.3 Å². The van der Waals surface area contributed by atoms with Crippen LogP contribution in [0.25, 0.3) is 0 Å². The number of halogens is 1. The number of ether oxygens (including phenoxy) is 1. The molecule has 1 fully saturated rings. The fourth-order valence-electron chi connectivity index (χ4n) is 4.85. The maximum absolute atomic E-state index is 12.0. The van der Waals surface area contributed by atoms with E-state index >= 15 is 0 Å². The first-order chi connectivity index (χ1) is 15.1. The van der Waals surface area contributed by atoms with Crippen molar-refractivity contribution < 1.29 is 9.53 Å².